The highest BCUT2D eigenvalue weighted by Crippen LogP contribution is 2.26. The molecule has 148 valence electrons. The van der Waals surface area contributed by atoms with Gasteiger partial charge in [0.15, 0.2) is 6.61 Å². The second kappa shape index (κ2) is 9.60. The van der Waals surface area contributed by atoms with E-state index in [9.17, 15) is 9.59 Å². The van der Waals surface area contributed by atoms with Crippen LogP contribution in [0.1, 0.15) is 36.8 Å². The second-order valence-electron chi connectivity index (χ2n) is 7.15. The van der Waals surface area contributed by atoms with Gasteiger partial charge in [0.1, 0.15) is 5.75 Å². The number of benzene rings is 2. The Hall–Kier alpha value is -2.53. The molecule has 5 nitrogen and oxygen atoms in total. The van der Waals surface area contributed by atoms with E-state index < -0.39 is 0 Å². The molecule has 1 fully saturated rings. The molecule has 3 rings (SSSR count). The molecule has 2 aromatic carbocycles. The molecule has 0 spiro atoms. The third-order valence-corrected chi connectivity index (χ3v) is 5.14. The molecule has 1 saturated carbocycles. The summed E-state index contributed by atoms with van der Waals surface area (Å²) >= 11 is 5.92. The minimum absolute atomic E-state index is 0.0689. The summed E-state index contributed by atoms with van der Waals surface area (Å²) < 4.78 is 5.55. The lowest BCUT2D eigenvalue weighted by atomic mass is 10.1. The Morgan fingerprint density at radius 1 is 1.14 bits per heavy atom. The van der Waals surface area contributed by atoms with E-state index in [1.807, 2.05) is 31.2 Å². The first kappa shape index (κ1) is 20.2. The van der Waals surface area contributed by atoms with Crippen LogP contribution in [0.3, 0.4) is 0 Å². The number of anilines is 1. The third kappa shape index (κ3) is 5.73. The molecule has 2 N–H and O–H groups in total. The summed E-state index contributed by atoms with van der Waals surface area (Å²) in [7, 11) is 0. The number of carbonyl (C=O) groups is 2. The van der Waals surface area contributed by atoms with Crippen molar-refractivity contribution in [2.24, 2.45) is 5.92 Å². The monoisotopic (exact) mass is 400 g/mol. The first-order chi connectivity index (χ1) is 13.5. The first-order valence-electron chi connectivity index (χ1n) is 9.57. The molecular weight excluding hydrogens is 376 g/mol. The van der Waals surface area contributed by atoms with Crippen LogP contribution in [-0.2, 0) is 16.1 Å². The normalized spacial score (nSPS) is 13.9. The fourth-order valence-electron chi connectivity index (χ4n) is 3.36. The predicted octanol–water partition coefficient (Wildman–Crippen LogP) is 4.47. The van der Waals surface area contributed by atoms with E-state index in [1.165, 1.54) is 0 Å². The van der Waals surface area contributed by atoms with Gasteiger partial charge in [-0.25, -0.2) is 0 Å². The van der Waals surface area contributed by atoms with Crippen LogP contribution in [0.25, 0.3) is 0 Å². The van der Waals surface area contributed by atoms with E-state index >= 15 is 0 Å². The molecule has 2 amide bonds. The lowest BCUT2D eigenvalue weighted by Crippen LogP contribution is -2.28. The van der Waals surface area contributed by atoms with Crippen LogP contribution in [0.15, 0.2) is 42.5 Å². The molecule has 6 heteroatoms. The maximum absolute atomic E-state index is 12.3. The molecule has 0 unspecified atom stereocenters. The smallest absolute Gasteiger partial charge is 0.258 e. The molecule has 1 aliphatic rings. The Morgan fingerprint density at radius 2 is 1.93 bits per heavy atom. The van der Waals surface area contributed by atoms with Crippen molar-refractivity contribution >= 4 is 29.1 Å². The van der Waals surface area contributed by atoms with E-state index in [1.54, 1.807) is 18.2 Å². The van der Waals surface area contributed by atoms with Gasteiger partial charge in [-0.1, -0.05) is 36.6 Å². The van der Waals surface area contributed by atoms with E-state index in [4.69, 9.17) is 16.3 Å². The highest BCUT2D eigenvalue weighted by molar-refractivity contribution is 6.30. The minimum atomic E-state index is -0.213. The Kier molecular flexibility index (Phi) is 6.93. The molecule has 28 heavy (non-hydrogen) atoms. The number of ether oxygens (including phenoxy) is 1. The van der Waals surface area contributed by atoms with Gasteiger partial charge in [0, 0.05) is 23.2 Å². The van der Waals surface area contributed by atoms with E-state index in [-0.39, 0.29) is 24.3 Å². The van der Waals surface area contributed by atoms with E-state index in [0.29, 0.717) is 17.3 Å². The lowest BCUT2D eigenvalue weighted by molar-refractivity contribution is -0.123. The Balaban J connectivity index is 1.47. The lowest BCUT2D eigenvalue weighted by Gasteiger charge is -2.12. The molecule has 1 aliphatic carbocycles. The Labute approximate surface area is 170 Å². The van der Waals surface area contributed by atoms with Gasteiger partial charge in [0.05, 0.1) is 0 Å². The summed E-state index contributed by atoms with van der Waals surface area (Å²) in [6, 6.07) is 12.8. The molecular formula is C22H25ClN2O3. The standard InChI is InChI=1S/C22H25ClN2O3/c1-15-11-18(23)9-10-20(15)28-14-21(26)24-13-16-5-4-8-19(12-16)25-22(27)17-6-2-3-7-17/h4-5,8-12,17H,2-3,6-7,13-14H2,1H3,(H,24,26)(H,25,27). The van der Waals surface area contributed by atoms with Crippen molar-refractivity contribution in [1.29, 1.82) is 0 Å². The number of rotatable bonds is 7. The van der Waals surface area contributed by atoms with E-state index in [0.717, 1.165) is 42.5 Å². The summed E-state index contributed by atoms with van der Waals surface area (Å²) in [6.07, 6.45) is 4.19. The van der Waals surface area contributed by atoms with Crippen LogP contribution < -0.4 is 15.4 Å². The van der Waals surface area contributed by atoms with Crippen molar-refractivity contribution in [2.75, 3.05) is 11.9 Å². The highest BCUT2D eigenvalue weighted by atomic mass is 35.5. The maximum Gasteiger partial charge on any atom is 0.258 e. The SMILES string of the molecule is Cc1cc(Cl)ccc1OCC(=O)NCc1cccc(NC(=O)C2CCCC2)c1. The molecule has 0 heterocycles. The van der Waals surface area contributed by atoms with Crippen LogP contribution in [0.4, 0.5) is 5.69 Å². The van der Waals surface area contributed by atoms with Crippen molar-refractivity contribution in [2.45, 2.75) is 39.2 Å². The number of hydrogen-bond acceptors (Lipinski definition) is 3. The number of aryl methyl sites for hydroxylation is 1. The molecule has 0 atom stereocenters. The fraction of sp³-hybridized carbons (Fsp3) is 0.364. The van der Waals surface area contributed by atoms with Crippen LogP contribution in [-0.4, -0.2) is 18.4 Å². The van der Waals surface area contributed by atoms with Crippen LogP contribution in [0.2, 0.25) is 5.02 Å². The second-order valence-corrected chi connectivity index (χ2v) is 7.58. The highest BCUT2D eigenvalue weighted by Gasteiger charge is 2.22. The third-order valence-electron chi connectivity index (χ3n) is 4.91. The quantitative estimate of drug-likeness (QED) is 0.720. The van der Waals surface area contributed by atoms with Crippen LogP contribution in [0, 0.1) is 12.8 Å². The fourth-order valence-corrected chi connectivity index (χ4v) is 3.59. The van der Waals surface area contributed by atoms with Crippen LogP contribution >= 0.6 is 11.6 Å². The maximum atomic E-state index is 12.3. The number of hydrogen-bond donors (Lipinski definition) is 2. The van der Waals surface area contributed by atoms with Crippen LogP contribution in [0.5, 0.6) is 5.75 Å². The molecule has 0 bridgehead atoms. The van der Waals surface area contributed by atoms with Crippen molar-refractivity contribution in [3.8, 4) is 5.75 Å². The summed E-state index contributed by atoms with van der Waals surface area (Å²) in [6.45, 7) is 2.18. The topological polar surface area (TPSA) is 67.4 Å². The minimum Gasteiger partial charge on any atom is -0.484 e. The average Bonchev–Trinajstić information content (AvgIpc) is 3.21. The van der Waals surface area contributed by atoms with Gasteiger partial charge in [-0.2, -0.15) is 0 Å². The van der Waals surface area contributed by atoms with Crippen molar-refractivity contribution in [1.82, 2.24) is 5.32 Å². The van der Waals surface area contributed by atoms with Gasteiger partial charge >= 0.3 is 0 Å². The van der Waals surface area contributed by atoms with Gasteiger partial charge in [0.2, 0.25) is 5.91 Å². The van der Waals surface area contributed by atoms with E-state index in [2.05, 4.69) is 10.6 Å². The Bertz CT molecular complexity index is 847. The van der Waals surface area contributed by atoms with Gasteiger partial charge < -0.3 is 15.4 Å². The molecule has 0 radical (unpaired) electrons. The molecule has 0 aliphatic heterocycles. The van der Waals surface area contributed by atoms with Crippen molar-refractivity contribution in [3.63, 3.8) is 0 Å². The first-order valence-corrected chi connectivity index (χ1v) is 9.94. The van der Waals surface area contributed by atoms with Gasteiger partial charge in [0.25, 0.3) is 5.91 Å². The van der Waals surface area contributed by atoms with Gasteiger partial charge in [-0.05, 0) is 61.2 Å². The molecule has 2 aromatic rings. The number of amides is 2. The summed E-state index contributed by atoms with van der Waals surface area (Å²) in [5.41, 5.74) is 2.56. The average molecular weight is 401 g/mol. The van der Waals surface area contributed by atoms with Crippen molar-refractivity contribution < 1.29 is 14.3 Å². The summed E-state index contributed by atoms with van der Waals surface area (Å²) in [4.78, 5) is 24.3. The number of carbonyl (C=O) groups excluding carboxylic acids is 2. The number of halogens is 1. The summed E-state index contributed by atoms with van der Waals surface area (Å²) in [5, 5.41) is 6.45. The Morgan fingerprint density at radius 3 is 2.68 bits per heavy atom. The largest absolute Gasteiger partial charge is 0.484 e. The number of nitrogens with one attached hydrogen (secondary N) is 2. The molecule has 0 aromatic heterocycles. The van der Waals surface area contributed by atoms with Crippen molar-refractivity contribution in [3.05, 3.63) is 58.6 Å². The zero-order valence-electron chi connectivity index (χ0n) is 16.0. The molecule has 0 saturated heterocycles. The van der Waals surface area contributed by atoms with Gasteiger partial charge in [-0.3, -0.25) is 9.59 Å². The summed E-state index contributed by atoms with van der Waals surface area (Å²) in [5.74, 6) is 0.633. The zero-order chi connectivity index (χ0) is 19.9. The predicted molar refractivity (Wildman–Crippen MR) is 111 cm³/mol. The zero-order valence-corrected chi connectivity index (χ0v) is 16.7. The van der Waals surface area contributed by atoms with Gasteiger partial charge in [-0.15, -0.1) is 0 Å².